The maximum absolute atomic E-state index is 6.07. The molecule has 0 radical (unpaired) electrons. The zero-order valence-corrected chi connectivity index (χ0v) is 15.6. The van der Waals surface area contributed by atoms with Crippen molar-refractivity contribution in [2.75, 3.05) is 37.7 Å². The zero-order chi connectivity index (χ0) is 17.1. The van der Waals surface area contributed by atoms with E-state index in [0.717, 1.165) is 30.3 Å². The van der Waals surface area contributed by atoms with Crippen molar-refractivity contribution < 1.29 is 0 Å². The van der Waals surface area contributed by atoms with Crippen LogP contribution in [0.3, 0.4) is 0 Å². The van der Waals surface area contributed by atoms with E-state index in [2.05, 4.69) is 32.2 Å². The number of likely N-dealkylation sites (tertiary alicyclic amines) is 2. The summed E-state index contributed by atoms with van der Waals surface area (Å²) in [4.78, 5) is 5.17. The third-order valence-corrected chi connectivity index (χ3v) is 5.89. The molecule has 0 saturated carbocycles. The van der Waals surface area contributed by atoms with Crippen LogP contribution in [-0.4, -0.2) is 54.7 Å². The molecule has 2 atom stereocenters. The number of hydrogen-bond donors (Lipinski definition) is 0. The minimum Gasteiger partial charge on any atom is -0.301 e. The van der Waals surface area contributed by atoms with E-state index in [9.17, 15) is 0 Å². The van der Waals surface area contributed by atoms with Crippen LogP contribution in [0, 0.1) is 0 Å². The minimum absolute atomic E-state index is 0.229. The molecule has 4 rings (SSSR count). The van der Waals surface area contributed by atoms with Gasteiger partial charge in [-0.25, -0.2) is 5.01 Å². The topological polar surface area (TPSA) is 34.4 Å². The third kappa shape index (κ3) is 3.99. The summed E-state index contributed by atoms with van der Waals surface area (Å²) in [7, 11) is 0. The Morgan fingerprint density at radius 1 is 0.880 bits per heavy atom. The van der Waals surface area contributed by atoms with Gasteiger partial charge in [-0.15, -0.1) is 0 Å². The maximum atomic E-state index is 6.07. The number of halogens is 1. The highest BCUT2D eigenvalue weighted by Gasteiger charge is 2.39. The quantitative estimate of drug-likeness (QED) is 0.806. The van der Waals surface area contributed by atoms with Crippen LogP contribution < -0.4 is 5.01 Å². The molecule has 5 nitrogen and oxygen atoms in total. The largest absolute Gasteiger partial charge is 0.301 e. The Morgan fingerprint density at radius 2 is 1.52 bits per heavy atom. The molecule has 3 heterocycles. The van der Waals surface area contributed by atoms with Gasteiger partial charge in [0.1, 0.15) is 12.2 Å². The number of piperidine rings is 2. The average Bonchev–Trinajstić information content (AvgIpc) is 3.07. The first-order chi connectivity index (χ1) is 12.3. The molecule has 0 spiro atoms. The molecule has 136 valence electrons. The van der Waals surface area contributed by atoms with Crippen molar-refractivity contribution in [1.82, 2.24) is 9.80 Å². The number of benzene rings is 1. The van der Waals surface area contributed by atoms with Crippen molar-refractivity contribution in [2.24, 2.45) is 10.3 Å². The minimum atomic E-state index is 0.229. The standard InChI is InChI=1S/C19H28ClN5/c20-16-7-9-17(10-8-16)25-19(24-13-5-2-6-14-24)18(21-22-25)15-23-11-3-1-4-12-23/h7-10,18-19H,1-6,11-15H2. The molecule has 0 N–H and O–H groups in total. The lowest BCUT2D eigenvalue weighted by Gasteiger charge is -2.39. The van der Waals surface area contributed by atoms with Crippen LogP contribution >= 0.6 is 11.6 Å². The molecule has 3 aliphatic heterocycles. The lowest BCUT2D eigenvalue weighted by molar-refractivity contribution is 0.126. The first-order valence-corrected chi connectivity index (χ1v) is 10.1. The zero-order valence-electron chi connectivity index (χ0n) is 14.9. The van der Waals surface area contributed by atoms with Crippen molar-refractivity contribution >= 4 is 17.3 Å². The summed E-state index contributed by atoms with van der Waals surface area (Å²) in [6.07, 6.45) is 8.15. The lowest BCUT2D eigenvalue weighted by atomic mass is 10.1. The SMILES string of the molecule is Clc1ccc(N2N=NC(CN3CCCCC3)C2N2CCCCC2)cc1. The molecule has 25 heavy (non-hydrogen) atoms. The number of rotatable bonds is 4. The fourth-order valence-corrected chi connectivity index (χ4v) is 4.44. The first kappa shape index (κ1) is 17.3. The van der Waals surface area contributed by atoms with Gasteiger partial charge in [-0.05, 0) is 63.0 Å². The first-order valence-electron chi connectivity index (χ1n) is 9.73. The summed E-state index contributed by atoms with van der Waals surface area (Å²) in [6.45, 7) is 5.74. The van der Waals surface area contributed by atoms with Crippen LogP contribution in [0.1, 0.15) is 38.5 Å². The molecule has 2 fully saturated rings. The molecule has 0 bridgehead atoms. The second-order valence-electron chi connectivity index (χ2n) is 7.46. The molecule has 1 aromatic carbocycles. The van der Waals surface area contributed by atoms with Gasteiger partial charge in [0.15, 0.2) is 0 Å². The van der Waals surface area contributed by atoms with E-state index in [-0.39, 0.29) is 12.2 Å². The number of nitrogens with zero attached hydrogens (tertiary/aromatic N) is 5. The van der Waals surface area contributed by atoms with E-state index in [1.807, 2.05) is 12.1 Å². The van der Waals surface area contributed by atoms with E-state index >= 15 is 0 Å². The van der Waals surface area contributed by atoms with E-state index < -0.39 is 0 Å². The Labute approximate surface area is 155 Å². The molecule has 0 aliphatic carbocycles. The molecular formula is C19H28ClN5. The Hall–Kier alpha value is -1.17. The predicted octanol–water partition coefficient (Wildman–Crippen LogP) is 4.19. The highest BCUT2D eigenvalue weighted by Crippen LogP contribution is 2.31. The Morgan fingerprint density at radius 3 is 2.20 bits per heavy atom. The van der Waals surface area contributed by atoms with Gasteiger partial charge in [-0.2, -0.15) is 5.11 Å². The summed E-state index contributed by atoms with van der Waals surface area (Å²) in [5.41, 5.74) is 1.09. The fraction of sp³-hybridized carbons (Fsp3) is 0.684. The summed E-state index contributed by atoms with van der Waals surface area (Å²) >= 11 is 6.07. The van der Waals surface area contributed by atoms with Crippen molar-refractivity contribution in [3.8, 4) is 0 Å². The van der Waals surface area contributed by atoms with Crippen molar-refractivity contribution in [2.45, 2.75) is 50.7 Å². The van der Waals surface area contributed by atoms with Crippen LogP contribution in [-0.2, 0) is 0 Å². The molecule has 1 aromatic rings. The summed E-state index contributed by atoms with van der Waals surface area (Å²) in [6, 6.07) is 8.23. The van der Waals surface area contributed by atoms with Crippen molar-refractivity contribution in [3.63, 3.8) is 0 Å². The smallest absolute Gasteiger partial charge is 0.132 e. The van der Waals surface area contributed by atoms with Gasteiger partial charge in [-0.3, -0.25) is 4.90 Å². The van der Waals surface area contributed by atoms with Gasteiger partial charge in [0.25, 0.3) is 0 Å². The molecule has 0 aromatic heterocycles. The van der Waals surface area contributed by atoms with Crippen LogP contribution in [0.2, 0.25) is 5.02 Å². The van der Waals surface area contributed by atoms with Gasteiger partial charge < -0.3 is 4.90 Å². The molecule has 3 aliphatic rings. The summed E-state index contributed by atoms with van der Waals surface area (Å²) < 4.78 is 0. The van der Waals surface area contributed by atoms with Gasteiger partial charge in [0.05, 0.1) is 5.69 Å². The Balaban J connectivity index is 1.53. The molecular weight excluding hydrogens is 334 g/mol. The van der Waals surface area contributed by atoms with Crippen LogP contribution in [0.4, 0.5) is 5.69 Å². The van der Waals surface area contributed by atoms with Gasteiger partial charge in [0.2, 0.25) is 0 Å². The monoisotopic (exact) mass is 361 g/mol. The van der Waals surface area contributed by atoms with Crippen molar-refractivity contribution in [1.29, 1.82) is 0 Å². The van der Waals surface area contributed by atoms with Crippen LogP contribution in [0.25, 0.3) is 0 Å². The second kappa shape index (κ2) is 8.02. The Bertz CT molecular complexity index is 578. The van der Waals surface area contributed by atoms with Crippen molar-refractivity contribution in [3.05, 3.63) is 29.3 Å². The van der Waals surface area contributed by atoms with Crippen LogP contribution in [0.15, 0.2) is 34.6 Å². The normalized spacial score (nSPS) is 28.6. The molecule has 6 heteroatoms. The molecule has 2 saturated heterocycles. The molecule has 0 amide bonds. The average molecular weight is 362 g/mol. The Kier molecular flexibility index (Phi) is 5.54. The van der Waals surface area contributed by atoms with E-state index in [1.54, 1.807) is 0 Å². The van der Waals surface area contributed by atoms with Crippen LogP contribution in [0.5, 0.6) is 0 Å². The van der Waals surface area contributed by atoms with Gasteiger partial charge >= 0.3 is 0 Å². The number of hydrogen-bond acceptors (Lipinski definition) is 5. The van der Waals surface area contributed by atoms with Gasteiger partial charge in [-0.1, -0.05) is 29.7 Å². The summed E-state index contributed by atoms with van der Waals surface area (Å²) in [5.74, 6) is 0. The van der Waals surface area contributed by atoms with E-state index in [1.165, 1.54) is 51.6 Å². The maximum Gasteiger partial charge on any atom is 0.132 e. The second-order valence-corrected chi connectivity index (χ2v) is 7.90. The lowest BCUT2D eigenvalue weighted by Crippen LogP contribution is -2.54. The van der Waals surface area contributed by atoms with E-state index in [0.29, 0.717) is 0 Å². The predicted molar refractivity (Wildman–Crippen MR) is 102 cm³/mol. The van der Waals surface area contributed by atoms with Gasteiger partial charge in [0, 0.05) is 24.7 Å². The summed E-state index contributed by atoms with van der Waals surface area (Å²) in [5, 5.41) is 12.2. The highest BCUT2D eigenvalue weighted by molar-refractivity contribution is 6.30. The van der Waals surface area contributed by atoms with E-state index in [4.69, 9.17) is 16.7 Å². The number of anilines is 1. The fourth-order valence-electron chi connectivity index (χ4n) is 4.31. The highest BCUT2D eigenvalue weighted by atomic mass is 35.5. The third-order valence-electron chi connectivity index (χ3n) is 5.64. The molecule has 2 unspecified atom stereocenters.